The van der Waals surface area contributed by atoms with Crippen molar-refractivity contribution >= 4 is 134 Å². The van der Waals surface area contributed by atoms with Crippen molar-refractivity contribution in [3.63, 3.8) is 0 Å². The van der Waals surface area contributed by atoms with Crippen molar-refractivity contribution in [2.75, 3.05) is 26.2 Å². The number of aliphatic hydroxyl groups excluding tert-OH is 1. The lowest BCUT2D eigenvalue weighted by Gasteiger charge is -2.29. The van der Waals surface area contributed by atoms with E-state index in [0.717, 1.165) is 0 Å². The lowest BCUT2D eigenvalue weighted by atomic mass is 9.96. The number of amides is 18. The highest BCUT2D eigenvalue weighted by Gasteiger charge is 2.40. The van der Waals surface area contributed by atoms with Gasteiger partial charge in [-0.05, 0) is 167 Å². The number of phenols is 2. The third-order valence-electron chi connectivity index (χ3n) is 24.1. The van der Waals surface area contributed by atoms with Crippen LogP contribution in [0.5, 0.6) is 11.5 Å². The first-order valence-corrected chi connectivity index (χ1v) is 48.2. The molecule has 34 N–H and O–H groups in total. The zero-order valence-corrected chi connectivity index (χ0v) is 82.3. The van der Waals surface area contributed by atoms with Gasteiger partial charge in [0.1, 0.15) is 102 Å². The number of H-pyrrole nitrogens is 2. The summed E-state index contributed by atoms with van der Waals surface area (Å²) < 4.78 is 0. The molecule has 0 aliphatic rings. The van der Waals surface area contributed by atoms with Gasteiger partial charge in [-0.2, -0.15) is 0 Å². The van der Waals surface area contributed by atoms with Crippen molar-refractivity contribution in [2.45, 2.75) is 255 Å². The van der Waals surface area contributed by atoms with Crippen LogP contribution < -0.4 is 119 Å². The number of benzene rings is 5. The number of para-hydroxylation sites is 2. The molecule has 7 aromatic rings. The molecule has 7 rings (SSSR count). The van der Waals surface area contributed by atoms with E-state index in [-0.39, 0.29) is 120 Å². The molecule has 0 bridgehead atoms. The predicted octanol–water partition coefficient (Wildman–Crippen LogP) is -2.86. The molecule has 18 amide bonds. The van der Waals surface area contributed by atoms with Gasteiger partial charge >= 0.3 is 0 Å². The molecule has 0 aliphatic carbocycles. The Morgan fingerprint density at radius 3 is 1.14 bits per heavy atom. The lowest BCUT2D eigenvalue weighted by Crippen LogP contribution is -2.62. The second kappa shape index (κ2) is 58.7. The van der Waals surface area contributed by atoms with Crippen LogP contribution in [0.2, 0.25) is 0 Å². The van der Waals surface area contributed by atoms with Gasteiger partial charge in [-0.15, -0.1) is 0 Å². The Labute approximate surface area is 838 Å². The number of nitrogens with two attached hydrogens (primary N) is 6. The Bertz CT molecular complexity index is 5610. The van der Waals surface area contributed by atoms with Crippen LogP contribution in [0.15, 0.2) is 140 Å². The Balaban J connectivity index is 1.15. The number of fused-ring (bicyclic) bond motifs is 2. The van der Waals surface area contributed by atoms with Crippen molar-refractivity contribution in [3.05, 3.63) is 168 Å². The lowest BCUT2D eigenvalue weighted by molar-refractivity contribution is -0.136. The fraction of sp³-hybridized carbons (Fsp3) is 0.465. The Morgan fingerprint density at radius 1 is 0.359 bits per heavy atom. The number of hydrogen-bond acceptors (Lipinski definition) is 24. The van der Waals surface area contributed by atoms with Crippen LogP contribution in [0.3, 0.4) is 0 Å². The SMILES string of the molecule is CC[C@H](C)[C@H](NC(=O)[C@H](Cc1c[nH]c2ccccc12)NC(=O)[C@H](Cc1ccccc1)NC(=O)[C@H](Cc1ccc(O)cc1)NC(=O)[C@H](CCC(N)=O)NC(=O)[C@H](CCCNC(=N)N)NC(C)=O)C(=O)N[C@@H](C)C(=O)N[C@@H](Cc1c[nH]c2ccccc12)C(=O)N[C@@H](Cc1ccc(O)cc1)C(=O)N[C@@H](CCCCN)C(=O)N[C@@H](CC(C)C)C(=O)N[C@@H](C)C(=O)N[C@@H](CC(N)=O)C(=O)N[C@@H](CO)C(=O)N[C@@H](CCCCN)C(N)=O. The van der Waals surface area contributed by atoms with Gasteiger partial charge in [-0.3, -0.25) is 91.7 Å². The molecule has 0 saturated heterocycles. The maximum atomic E-state index is 15.5. The van der Waals surface area contributed by atoms with Crippen molar-refractivity contribution in [1.29, 1.82) is 5.41 Å². The molecule has 2 heterocycles. The first kappa shape index (κ1) is 116. The summed E-state index contributed by atoms with van der Waals surface area (Å²) in [7, 11) is 0. The second-order valence-corrected chi connectivity index (χ2v) is 36.3. The zero-order chi connectivity index (χ0) is 107. The topological polar surface area (TPSA) is 772 Å². The summed E-state index contributed by atoms with van der Waals surface area (Å²) in [5.74, 6) is -18.9. The molecule has 2 aromatic heterocycles. The highest BCUT2D eigenvalue weighted by molar-refractivity contribution is 6.02. The molecule has 0 fully saturated rings. The first-order chi connectivity index (χ1) is 69.0. The van der Waals surface area contributed by atoms with Gasteiger partial charge in [0, 0.05) is 86.2 Å². The number of carbonyl (C=O) groups excluding carboxylic acids is 18. The van der Waals surface area contributed by atoms with Gasteiger partial charge in [-0.1, -0.05) is 125 Å². The smallest absolute Gasteiger partial charge is 0.245 e. The molecular weight excluding hydrogens is 1880 g/mol. The number of hydrogen-bond donors (Lipinski definition) is 28. The molecule has 0 spiro atoms. The monoisotopic (exact) mass is 2010 g/mol. The first-order valence-electron chi connectivity index (χ1n) is 48.2. The van der Waals surface area contributed by atoms with E-state index in [1.54, 1.807) is 119 Å². The number of unbranched alkanes of at least 4 members (excludes halogenated alkanes) is 2. The number of aromatic hydroxyl groups is 2. The van der Waals surface area contributed by atoms with Crippen LogP contribution in [0.1, 0.15) is 160 Å². The van der Waals surface area contributed by atoms with Gasteiger partial charge in [0.25, 0.3) is 0 Å². The quantitative estimate of drug-likeness (QED) is 0.0104. The third-order valence-corrected chi connectivity index (χ3v) is 24.1. The van der Waals surface area contributed by atoms with Crippen LogP contribution in [-0.2, 0) is 118 Å². The normalized spacial score (nSPS) is 14.5. The van der Waals surface area contributed by atoms with Crippen molar-refractivity contribution in [1.82, 2.24) is 95.0 Å². The molecule has 5 aromatic carbocycles. The molecule has 0 unspecified atom stereocenters. The number of phenolic OH excluding ortho intramolecular Hbond substituents is 2. The highest BCUT2D eigenvalue weighted by Crippen LogP contribution is 2.24. The van der Waals surface area contributed by atoms with Crippen LogP contribution in [-0.4, -0.2) is 254 Å². The summed E-state index contributed by atoms with van der Waals surface area (Å²) in [5, 5.41) is 81.4. The maximum absolute atomic E-state index is 15.5. The zero-order valence-electron chi connectivity index (χ0n) is 82.3. The van der Waals surface area contributed by atoms with Gasteiger partial charge < -0.3 is 145 Å². The molecule has 145 heavy (non-hydrogen) atoms. The van der Waals surface area contributed by atoms with Gasteiger partial charge in [-0.25, -0.2) is 0 Å². The van der Waals surface area contributed by atoms with Crippen LogP contribution in [0.25, 0.3) is 21.8 Å². The number of guanidine groups is 1. The van der Waals surface area contributed by atoms with E-state index < -0.39 is 229 Å². The number of carbonyl (C=O) groups is 18. The average Bonchev–Trinajstić information content (AvgIpc) is 1.70. The molecule has 46 heteroatoms. The summed E-state index contributed by atoms with van der Waals surface area (Å²) >= 11 is 0. The van der Waals surface area contributed by atoms with Crippen molar-refractivity contribution < 1.29 is 102 Å². The molecule has 46 nitrogen and oxygen atoms in total. The average molecular weight is 2020 g/mol. The van der Waals surface area contributed by atoms with Crippen LogP contribution >= 0.6 is 0 Å². The molecule has 0 radical (unpaired) electrons. The fourth-order valence-corrected chi connectivity index (χ4v) is 15.9. The molecular formula is C99H139N25O21. The van der Waals surface area contributed by atoms with Gasteiger partial charge in [0.2, 0.25) is 106 Å². The van der Waals surface area contributed by atoms with E-state index in [9.17, 15) is 68.1 Å². The number of nitrogens with one attached hydrogen (secondary N) is 19. The van der Waals surface area contributed by atoms with Crippen molar-refractivity contribution in [2.24, 2.45) is 46.2 Å². The Kier molecular flexibility index (Phi) is 47.1. The van der Waals surface area contributed by atoms with Crippen molar-refractivity contribution in [3.8, 4) is 11.5 Å². The van der Waals surface area contributed by atoms with E-state index in [2.05, 4.69) is 95.0 Å². The summed E-state index contributed by atoms with van der Waals surface area (Å²) in [6.07, 6.45) is 1.84. The summed E-state index contributed by atoms with van der Waals surface area (Å²) in [5.41, 5.74) is 37.0. The Morgan fingerprint density at radius 2 is 0.710 bits per heavy atom. The summed E-state index contributed by atoms with van der Waals surface area (Å²) in [6, 6.07) is 10.6. The number of rotatable bonds is 62. The number of aromatic amines is 2. The minimum absolute atomic E-state index is 0.0116. The number of aromatic nitrogens is 2. The minimum atomic E-state index is -1.80. The highest BCUT2D eigenvalue weighted by atomic mass is 16.3. The third kappa shape index (κ3) is 38.6. The summed E-state index contributed by atoms with van der Waals surface area (Å²) in [4.78, 5) is 262. The molecule has 0 saturated carbocycles. The van der Waals surface area contributed by atoms with Gasteiger partial charge in [0.15, 0.2) is 5.96 Å². The minimum Gasteiger partial charge on any atom is -0.508 e. The predicted molar refractivity (Wildman–Crippen MR) is 536 cm³/mol. The fourth-order valence-electron chi connectivity index (χ4n) is 15.9. The Hall–Kier alpha value is -15.6. The van der Waals surface area contributed by atoms with E-state index in [1.807, 2.05) is 0 Å². The standard InChI is InChI=1S/C99H139N25O21/c1-8-54(4)83(124-96(143)78(48-62-51-109-68-26-15-13-24-66(62)68)122-93(140)74(44-58-21-10-9-11-22-58)120-92(139)76(46-60-32-36-64(128)37-33-60)119-89(136)72(38-39-81(102)129)115-87(134)70(112-57(7)126)29-20-42-107-99(105)106)98(145)111-56(6)86(133)116-77(47-61-50-108-67-25-14-12-23-65(61)67)94(141)121-75(45-59-30-34-63(127)35-31-59)91(138)114-71(28-17-19-41-101)88(135)118-73(43-53(2)3)90(137)110-55(5)85(132)117-79(49-82(103)130)95(142)123-80(52-125)97(144)113-69(84(104)131)27-16-18-40-100/h9-15,21-26,30-37,50-51,53-56,69-80,83,108-109,125,127-128H,8,16-20,27-29,38-49,52,100-101H2,1-7H3,(H2,102,129)(H2,103,130)(H2,104,131)(H,110,137)(H,111,145)(H,112,126)(H,113,144)(H,114,138)(H,115,134)(H,116,133)(H,117,132)(H,118,135)(H,119,136)(H,120,139)(H,121,141)(H,122,140)(H,123,142)(H,124,143)(H4,105,106,107)/t54-,55-,56-,69-,70-,71-,72-,73-,74-,75-,76-,77-,78-,79-,80-,83-/m0/s1. The van der Waals surface area contributed by atoms with E-state index in [4.69, 9.17) is 39.8 Å². The van der Waals surface area contributed by atoms with Crippen LogP contribution in [0, 0.1) is 17.2 Å². The number of aliphatic hydroxyl groups is 1. The maximum Gasteiger partial charge on any atom is 0.245 e. The van der Waals surface area contributed by atoms with Crippen LogP contribution in [0.4, 0.5) is 0 Å². The molecule has 16 atom stereocenters. The van der Waals surface area contributed by atoms with Gasteiger partial charge in [0.05, 0.1) is 13.0 Å². The summed E-state index contributed by atoms with van der Waals surface area (Å²) in [6.45, 7) is 10.1. The largest absolute Gasteiger partial charge is 0.508 e. The van der Waals surface area contributed by atoms with E-state index in [1.165, 1.54) is 69.3 Å². The molecule has 786 valence electrons. The van der Waals surface area contributed by atoms with E-state index in [0.29, 0.717) is 68.9 Å². The van der Waals surface area contributed by atoms with E-state index >= 15 is 33.6 Å². The molecule has 0 aliphatic heterocycles. The number of primary amides is 3. The second-order valence-electron chi connectivity index (χ2n) is 36.3.